The van der Waals surface area contributed by atoms with Crippen molar-refractivity contribution in [3.05, 3.63) is 87.4 Å². The minimum absolute atomic E-state index is 0.0395. The van der Waals surface area contributed by atoms with E-state index in [4.69, 9.17) is 32.7 Å². The molecule has 10 heteroatoms. The van der Waals surface area contributed by atoms with Gasteiger partial charge < -0.3 is 14.8 Å². The van der Waals surface area contributed by atoms with E-state index in [1.165, 1.54) is 4.31 Å². The summed E-state index contributed by atoms with van der Waals surface area (Å²) in [6, 6.07) is 16.6. The van der Waals surface area contributed by atoms with Gasteiger partial charge in [0.2, 0.25) is 10.0 Å². The minimum Gasteiger partial charge on any atom is -0.493 e. The number of nitrogens with zero attached hydrogens (tertiary/aromatic N) is 1. The van der Waals surface area contributed by atoms with E-state index in [1.54, 1.807) is 68.8 Å². The number of ether oxygens (including phenoxy) is 2. The van der Waals surface area contributed by atoms with Crippen LogP contribution in [0.3, 0.4) is 0 Å². The largest absolute Gasteiger partial charge is 0.493 e. The number of benzene rings is 3. The highest BCUT2D eigenvalue weighted by molar-refractivity contribution is 7.92. The van der Waals surface area contributed by atoms with Crippen LogP contribution < -0.4 is 19.1 Å². The molecule has 0 saturated heterocycles. The van der Waals surface area contributed by atoms with Gasteiger partial charge in [-0.15, -0.1) is 0 Å². The first kappa shape index (κ1) is 25.7. The van der Waals surface area contributed by atoms with Crippen molar-refractivity contribution >= 4 is 44.8 Å². The molecule has 1 amide bonds. The number of hydrogen-bond donors (Lipinski definition) is 1. The van der Waals surface area contributed by atoms with E-state index in [-0.39, 0.29) is 19.0 Å². The van der Waals surface area contributed by atoms with Crippen LogP contribution in [-0.2, 0) is 23.1 Å². The molecule has 0 atom stereocenters. The number of sulfonamides is 1. The summed E-state index contributed by atoms with van der Waals surface area (Å²) in [6.07, 6.45) is 1.10. The smallest absolute Gasteiger partial charge is 0.251 e. The molecule has 7 nitrogen and oxygen atoms in total. The number of anilines is 1. The third-order valence-corrected chi connectivity index (χ3v) is 6.93. The number of hydrogen-bond acceptors (Lipinski definition) is 5. The van der Waals surface area contributed by atoms with Crippen LogP contribution in [0.5, 0.6) is 11.5 Å². The average Bonchev–Trinajstić information content (AvgIpc) is 2.81. The molecule has 0 spiro atoms. The molecule has 180 valence electrons. The Bertz CT molecular complexity index is 1260. The van der Waals surface area contributed by atoms with E-state index in [0.29, 0.717) is 38.4 Å². The Balaban J connectivity index is 1.75. The fraction of sp³-hybridized carbons (Fsp3) is 0.208. The molecule has 0 saturated carbocycles. The molecule has 3 aromatic rings. The summed E-state index contributed by atoms with van der Waals surface area (Å²) >= 11 is 12.5. The Kier molecular flexibility index (Phi) is 8.30. The van der Waals surface area contributed by atoms with Gasteiger partial charge in [0.15, 0.2) is 11.5 Å². The van der Waals surface area contributed by atoms with E-state index in [9.17, 15) is 13.2 Å². The van der Waals surface area contributed by atoms with Crippen LogP contribution in [0.15, 0.2) is 60.7 Å². The first-order valence-corrected chi connectivity index (χ1v) is 12.7. The Morgan fingerprint density at radius 1 is 0.941 bits per heavy atom. The maximum atomic E-state index is 12.6. The maximum Gasteiger partial charge on any atom is 0.251 e. The highest BCUT2D eigenvalue weighted by Crippen LogP contribution is 2.30. The van der Waals surface area contributed by atoms with Gasteiger partial charge in [0, 0.05) is 27.7 Å². The number of halogens is 2. The topological polar surface area (TPSA) is 84.9 Å². The van der Waals surface area contributed by atoms with Gasteiger partial charge in [-0.05, 0) is 54.1 Å². The predicted molar refractivity (Wildman–Crippen MR) is 135 cm³/mol. The van der Waals surface area contributed by atoms with Crippen molar-refractivity contribution in [2.24, 2.45) is 0 Å². The first-order valence-electron chi connectivity index (χ1n) is 10.1. The monoisotopic (exact) mass is 522 g/mol. The number of carbonyl (C=O) groups excluding carboxylic acids is 1. The van der Waals surface area contributed by atoms with Crippen molar-refractivity contribution < 1.29 is 22.7 Å². The molecular weight excluding hydrogens is 499 g/mol. The van der Waals surface area contributed by atoms with E-state index < -0.39 is 10.0 Å². The SMILES string of the molecule is COc1ccc(CNC(=O)c2ccc(N(Cc3c(Cl)cccc3Cl)S(C)(=O)=O)cc2)cc1OC. The molecule has 0 aliphatic rings. The molecule has 0 heterocycles. The first-order chi connectivity index (χ1) is 16.1. The number of carbonyl (C=O) groups is 1. The molecule has 0 radical (unpaired) electrons. The van der Waals surface area contributed by atoms with Crippen molar-refractivity contribution in [2.75, 3.05) is 24.8 Å². The average molecular weight is 523 g/mol. The van der Waals surface area contributed by atoms with Crippen LogP contribution >= 0.6 is 23.2 Å². The van der Waals surface area contributed by atoms with Crippen LogP contribution in [0.4, 0.5) is 5.69 Å². The fourth-order valence-electron chi connectivity index (χ4n) is 3.28. The number of amides is 1. The van der Waals surface area contributed by atoms with Crippen molar-refractivity contribution in [3.63, 3.8) is 0 Å². The highest BCUT2D eigenvalue weighted by Gasteiger charge is 2.21. The van der Waals surface area contributed by atoms with Crippen molar-refractivity contribution in [3.8, 4) is 11.5 Å². The van der Waals surface area contributed by atoms with Gasteiger partial charge in [0.25, 0.3) is 5.91 Å². The van der Waals surface area contributed by atoms with Gasteiger partial charge >= 0.3 is 0 Å². The molecule has 0 unspecified atom stereocenters. The standard InChI is InChI=1S/C24H24Cl2N2O5S/c1-32-22-12-7-16(13-23(22)33-2)14-27-24(29)17-8-10-18(11-9-17)28(34(3,30)31)15-19-20(25)5-4-6-21(19)26/h4-13H,14-15H2,1-3H3,(H,27,29). The quantitative estimate of drug-likeness (QED) is 0.431. The van der Waals surface area contributed by atoms with Gasteiger partial charge in [0.05, 0.1) is 32.7 Å². The van der Waals surface area contributed by atoms with Crippen LogP contribution in [-0.4, -0.2) is 34.8 Å². The lowest BCUT2D eigenvalue weighted by atomic mass is 10.1. The Morgan fingerprint density at radius 3 is 2.12 bits per heavy atom. The molecule has 0 fully saturated rings. The van der Waals surface area contributed by atoms with Gasteiger partial charge in [-0.3, -0.25) is 9.10 Å². The molecule has 1 N–H and O–H groups in total. The molecule has 34 heavy (non-hydrogen) atoms. The number of rotatable bonds is 9. The molecule has 0 aliphatic heterocycles. The molecule has 3 rings (SSSR count). The molecule has 0 aliphatic carbocycles. The highest BCUT2D eigenvalue weighted by atomic mass is 35.5. The van der Waals surface area contributed by atoms with Gasteiger partial charge in [-0.2, -0.15) is 0 Å². The molecule has 3 aromatic carbocycles. The van der Waals surface area contributed by atoms with E-state index in [2.05, 4.69) is 5.32 Å². The second kappa shape index (κ2) is 11.0. The zero-order valence-electron chi connectivity index (χ0n) is 18.8. The van der Waals surface area contributed by atoms with Gasteiger partial charge in [-0.1, -0.05) is 35.3 Å². The van der Waals surface area contributed by atoms with Crippen molar-refractivity contribution in [2.45, 2.75) is 13.1 Å². The Morgan fingerprint density at radius 2 is 1.56 bits per heavy atom. The van der Waals surface area contributed by atoms with Gasteiger partial charge in [0.1, 0.15) is 0 Å². The summed E-state index contributed by atoms with van der Waals surface area (Å²) in [5.74, 6) is 0.862. The van der Waals surface area contributed by atoms with Gasteiger partial charge in [-0.25, -0.2) is 8.42 Å². The maximum absolute atomic E-state index is 12.6. The minimum atomic E-state index is -3.65. The Labute approximate surface area is 209 Å². The third kappa shape index (κ3) is 6.14. The van der Waals surface area contributed by atoms with Crippen LogP contribution in [0.1, 0.15) is 21.5 Å². The molecular formula is C24H24Cl2N2O5S. The summed E-state index contributed by atoms with van der Waals surface area (Å²) in [6.45, 7) is 0.240. The summed E-state index contributed by atoms with van der Waals surface area (Å²) in [4.78, 5) is 12.6. The number of methoxy groups -OCH3 is 2. The lowest BCUT2D eigenvalue weighted by Crippen LogP contribution is -2.29. The lowest BCUT2D eigenvalue weighted by molar-refractivity contribution is 0.0951. The summed E-state index contributed by atoms with van der Waals surface area (Å²) < 4.78 is 36.6. The summed E-state index contributed by atoms with van der Waals surface area (Å²) in [7, 11) is -0.553. The zero-order valence-corrected chi connectivity index (χ0v) is 21.2. The molecule has 0 bridgehead atoms. The van der Waals surface area contributed by atoms with Crippen molar-refractivity contribution in [1.82, 2.24) is 5.32 Å². The normalized spacial score (nSPS) is 11.1. The number of nitrogens with one attached hydrogen (secondary N) is 1. The third-order valence-electron chi connectivity index (χ3n) is 5.08. The summed E-state index contributed by atoms with van der Waals surface area (Å²) in [5, 5.41) is 3.57. The van der Waals surface area contributed by atoms with Crippen molar-refractivity contribution in [1.29, 1.82) is 0 Å². The van der Waals surface area contributed by atoms with Crippen LogP contribution in [0.2, 0.25) is 10.0 Å². The van der Waals surface area contributed by atoms with Crippen LogP contribution in [0.25, 0.3) is 0 Å². The van der Waals surface area contributed by atoms with E-state index in [0.717, 1.165) is 11.8 Å². The van der Waals surface area contributed by atoms with E-state index in [1.807, 2.05) is 6.07 Å². The van der Waals surface area contributed by atoms with E-state index >= 15 is 0 Å². The summed E-state index contributed by atoms with van der Waals surface area (Å²) in [5.41, 5.74) is 2.10. The second-order valence-electron chi connectivity index (χ2n) is 7.39. The zero-order chi connectivity index (χ0) is 24.9. The predicted octanol–water partition coefficient (Wildman–Crippen LogP) is 4.91. The van der Waals surface area contributed by atoms with Crippen LogP contribution in [0, 0.1) is 0 Å². The fourth-order valence-corrected chi connectivity index (χ4v) is 4.67. The molecule has 0 aromatic heterocycles. The Hall–Kier alpha value is -2.94. The lowest BCUT2D eigenvalue weighted by Gasteiger charge is -2.23. The second-order valence-corrected chi connectivity index (χ2v) is 10.1.